The minimum atomic E-state index is 0.461. The number of aryl methyl sites for hydroxylation is 1. The molecule has 0 N–H and O–H groups in total. The molecule has 0 saturated heterocycles. The van der Waals surface area contributed by atoms with E-state index >= 15 is 0 Å². The Bertz CT molecular complexity index is 746. The third-order valence-electron chi connectivity index (χ3n) is 4.36. The van der Waals surface area contributed by atoms with Crippen molar-refractivity contribution in [3.8, 4) is 11.6 Å². The van der Waals surface area contributed by atoms with Crippen LogP contribution in [-0.2, 0) is 6.54 Å². The van der Waals surface area contributed by atoms with Crippen molar-refractivity contribution in [1.82, 2.24) is 29.5 Å². The molecule has 126 valence electrons. The third-order valence-corrected chi connectivity index (χ3v) is 5.29. The first-order valence-electron chi connectivity index (χ1n) is 8.36. The Morgan fingerprint density at radius 2 is 2.12 bits per heavy atom. The Hall–Kier alpha value is -2.09. The molecule has 1 saturated carbocycles. The molecule has 0 unspecified atom stereocenters. The molecule has 0 radical (unpaired) electrons. The monoisotopic (exact) mass is 344 g/mol. The zero-order valence-corrected chi connectivity index (χ0v) is 14.2. The zero-order valence-electron chi connectivity index (χ0n) is 13.4. The summed E-state index contributed by atoms with van der Waals surface area (Å²) in [6.45, 7) is 0.804. The molecule has 0 aromatic carbocycles. The Morgan fingerprint density at radius 1 is 1.21 bits per heavy atom. The number of furan rings is 1. The van der Waals surface area contributed by atoms with Crippen molar-refractivity contribution in [1.29, 1.82) is 0 Å². The third kappa shape index (κ3) is 3.24. The number of hydrogen-bond donors (Lipinski definition) is 0. The van der Waals surface area contributed by atoms with Crippen molar-refractivity contribution < 1.29 is 4.42 Å². The van der Waals surface area contributed by atoms with Crippen molar-refractivity contribution in [2.45, 2.75) is 49.8 Å². The van der Waals surface area contributed by atoms with E-state index in [9.17, 15) is 0 Å². The maximum Gasteiger partial charge on any atom is 0.200 e. The first-order chi connectivity index (χ1) is 11.9. The first kappa shape index (κ1) is 15.4. The minimum Gasteiger partial charge on any atom is -0.461 e. The summed E-state index contributed by atoms with van der Waals surface area (Å²) in [5.74, 6) is 2.51. The lowest BCUT2D eigenvalue weighted by molar-refractivity contribution is 0.337. The maximum absolute atomic E-state index is 5.57. The van der Waals surface area contributed by atoms with Gasteiger partial charge in [0, 0.05) is 11.8 Å². The second-order valence-electron chi connectivity index (χ2n) is 5.95. The van der Waals surface area contributed by atoms with Crippen molar-refractivity contribution in [2.24, 2.45) is 0 Å². The largest absolute Gasteiger partial charge is 0.461 e. The summed E-state index contributed by atoms with van der Waals surface area (Å²) in [6.07, 6.45) is 11.2. The Kier molecular flexibility index (Phi) is 4.64. The first-order valence-corrected chi connectivity index (χ1v) is 9.34. The molecule has 0 bridgehead atoms. The van der Waals surface area contributed by atoms with Gasteiger partial charge in [-0.3, -0.25) is 9.25 Å². The smallest absolute Gasteiger partial charge is 0.200 e. The van der Waals surface area contributed by atoms with E-state index in [0.29, 0.717) is 6.04 Å². The topological polar surface area (TPSA) is 74.6 Å². The molecule has 0 atom stereocenters. The molecule has 0 amide bonds. The van der Waals surface area contributed by atoms with E-state index in [0.717, 1.165) is 29.0 Å². The Balaban J connectivity index is 1.56. The van der Waals surface area contributed by atoms with Crippen molar-refractivity contribution in [2.75, 3.05) is 5.75 Å². The number of aromatic nitrogens is 6. The number of nitrogens with zero attached hydrogens (tertiary/aromatic N) is 6. The van der Waals surface area contributed by atoms with Crippen LogP contribution in [0.3, 0.4) is 0 Å². The molecule has 8 heteroatoms. The molecule has 3 aromatic heterocycles. The second-order valence-corrected chi connectivity index (χ2v) is 7.01. The van der Waals surface area contributed by atoms with Gasteiger partial charge in [-0.25, -0.2) is 4.98 Å². The van der Waals surface area contributed by atoms with Crippen LogP contribution in [0, 0.1) is 0 Å². The Labute approximate surface area is 144 Å². The van der Waals surface area contributed by atoms with Gasteiger partial charge in [-0.2, -0.15) is 5.10 Å². The van der Waals surface area contributed by atoms with Gasteiger partial charge >= 0.3 is 0 Å². The van der Waals surface area contributed by atoms with E-state index < -0.39 is 0 Å². The maximum atomic E-state index is 5.57. The number of rotatable bonds is 6. The number of thioether (sulfide) groups is 1. The highest BCUT2D eigenvalue weighted by molar-refractivity contribution is 7.99. The molecule has 4 rings (SSSR count). The van der Waals surface area contributed by atoms with Crippen LogP contribution >= 0.6 is 11.8 Å². The van der Waals surface area contributed by atoms with Crippen LogP contribution in [-0.4, -0.2) is 35.3 Å². The van der Waals surface area contributed by atoms with Crippen LogP contribution in [0.5, 0.6) is 0 Å². The van der Waals surface area contributed by atoms with Crippen molar-refractivity contribution in [3.05, 3.63) is 31.1 Å². The molecule has 0 aliphatic heterocycles. The van der Waals surface area contributed by atoms with Gasteiger partial charge in [-0.15, -0.1) is 10.2 Å². The predicted molar refractivity (Wildman–Crippen MR) is 90.6 cm³/mol. The summed E-state index contributed by atoms with van der Waals surface area (Å²) in [5, 5.41) is 14.0. The summed E-state index contributed by atoms with van der Waals surface area (Å²) >= 11 is 1.72. The molecule has 3 aromatic rings. The SMILES string of the molecule is c1coc(-c2nnc(SCCn3cncn3)n2C2CCCCC2)c1. The van der Waals surface area contributed by atoms with Crippen LogP contribution < -0.4 is 0 Å². The Morgan fingerprint density at radius 3 is 2.88 bits per heavy atom. The summed E-state index contributed by atoms with van der Waals surface area (Å²) in [7, 11) is 0. The van der Waals surface area contributed by atoms with E-state index in [1.165, 1.54) is 32.1 Å². The van der Waals surface area contributed by atoms with Gasteiger partial charge in [0.05, 0.1) is 12.8 Å². The summed E-state index contributed by atoms with van der Waals surface area (Å²) < 4.78 is 9.69. The molecular weight excluding hydrogens is 324 g/mol. The van der Waals surface area contributed by atoms with E-state index in [2.05, 4.69) is 24.8 Å². The molecule has 1 aliphatic carbocycles. The van der Waals surface area contributed by atoms with Gasteiger partial charge in [0.2, 0.25) is 5.82 Å². The fourth-order valence-corrected chi connectivity index (χ4v) is 4.13. The standard InChI is InChI=1S/C16H20N6OS/c1-2-5-13(6-3-1)22-15(14-7-4-9-23-14)19-20-16(22)24-10-8-21-12-17-11-18-21/h4,7,9,11-13H,1-3,5-6,8,10H2. The molecule has 3 heterocycles. The van der Waals surface area contributed by atoms with E-state index in [-0.39, 0.29) is 0 Å². The van der Waals surface area contributed by atoms with Crippen LogP contribution in [0.25, 0.3) is 11.6 Å². The highest BCUT2D eigenvalue weighted by atomic mass is 32.2. The normalized spacial score (nSPS) is 15.8. The van der Waals surface area contributed by atoms with Gasteiger partial charge in [-0.1, -0.05) is 31.0 Å². The predicted octanol–water partition coefficient (Wildman–Crippen LogP) is 3.43. The zero-order chi connectivity index (χ0) is 16.2. The quantitative estimate of drug-likeness (QED) is 0.638. The minimum absolute atomic E-state index is 0.461. The van der Waals surface area contributed by atoms with Gasteiger partial charge in [0.15, 0.2) is 10.9 Å². The lowest BCUT2D eigenvalue weighted by Crippen LogP contribution is -2.15. The second kappa shape index (κ2) is 7.21. The van der Waals surface area contributed by atoms with E-state index in [4.69, 9.17) is 4.42 Å². The molecule has 1 fully saturated rings. The van der Waals surface area contributed by atoms with Gasteiger partial charge in [0.25, 0.3) is 0 Å². The summed E-state index contributed by atoms with van der Waals surface area (Å²) in [4.78, 5) is 3.97. The highest BCUT2D eigenvalue weighted by Crippen LogP contribution is 2.35. The average molecular weight is 344 g/mol. The molecule has 24 heavy (non-hydrogen) atoms. The highest BCUT2D eigenvalue weighted by Gasteiger charge is 2.24. The average Bonchev–Trinajstić information content (AvgIpc) is 3.37. The van der Waals surface area contributed by atoms with E-state index in [1.54, 1.807) is 30.7 Å². The van der Waals surface area contributed by atoms with E-state index in [1.807, 2.05) is 16.8 Å². The molecule has 0 spiro atoms. The fraction of sp³-hybridized carbons (Fsp3) is 0.500. The fourth-order valence-electron chi connectivity index (χ4n) is 3.20. The van der Waals surface area contributed by atoms with Gasteiger partial charge < -0.3 is 4.42 Å². The van der Waals surface area contributed by atoms with Crippen LogP contribution in [0.1, 0.15) is 38.1 Å². The molecular formula is C16H20N6OS. The van der Waals surface area contributed by atoms with Crippen molar-refractivity contribution in [3.63, 3.8) is 0 Å². The van der Waals surface area contributed by atoms with Crippen LogP contribution in [0.4, 0.5) is 0 Å². The lowest BCUT2D eigenvalue weighted by Gasteiger charge is -2.25. The van der Waals surface area contributed by atoms with Gasteiger partial charge in [-0.05, 0) is 25.0 Å². The van der Waals surface area contributed by atoms with Crippen molar-refractivity contribution >= 4 is 11.8 Å². The molecule has 1 aliphatic rings. The van der Waals surface area contributed by atoms with Crippen LogP contribution in [0.2, 0.25) is 0 Å². The molecule has 7 nitrogen and oxygen atoms in total. The summed E-state index contributed by atoms with van der Waals surface area (Å²) in [6, 6.07) is 4.31. The summed E-state index contributed by atoms with van der Waals surface area (Å²) in [5.41, 5.74) is 0. The van der Waals surface area contributed by atoms with Gasteiger partial charge in [0.1, 0.15) is 12.7 Å². The lowest BCUT2D eigenvalue weighted by atomic mass is 9.95. The van der Waals surface area contributed by atoms with Crippen LogP contribution in [0.15, 0.2) is 40.6 Å². The number of hydrogen-bond acceptors (Lipinski definition) is 6.